The minimum absolute atomic E-state index is 0.0168. The van der Waals surface area contributed by atoms with Gasteiger partial charge in [-0.3, -0.25) is 14.4 Å². The maximum atomic E-state index is 11.7. The number of amides is 1. The molecule has 0 saturated heterocycles. The number of hydrogen-bond acceptors (Lipinski definition) is 3. The van der Waals surface area contributed by atoms with E-state index in [1.54, 1.807) is 6.07 Å². The number of aryl methyl sites for hydroxylation is 2. The van der Waals surface area contributed by atoms with Gasteiger partial charge in [0.05, 0.1) is 0 Å². The molecule has 0 aliphatic heterocycles. The Labute approximate surface area is 103 Å². The van der Waals surface area contributed by atoms with E-state index >= 15 is 0 Å². The average molecular weight is 250 g/mol. The van der Waals surface area contributed by atoms with Gasteiger partial charge in [0.25, 0.3) is 11.5 Å². The van der Waals surface area contributed by atoms with Crippen LogP contribution in [-0.4, -0.2) is 28.5 Å². The van der Waals surface area contributed by atoms with Crippen LogP contribution in [0, 0.1) is 0 Å². The van der Waals surface area contributed by atoms with Gasteiger partial charge in [0.15, 0.2) is 0 Å². The molecule has 2 rings (SSSR count). The molecule has 0 unspecified atom stereocenters. The SMILES string of the molecule is O=C(O)CNC(=O)c1cc2c([nH]c1=O)CCCC2. The molecule has 1 aromatic rings. The molecule has 0 spiro atoms. The zero-order valence-corrected chi connectivity index (χ0v) is 9.78. The number of aromatic amines is 1. The predicted molar refractivity (Wildman–Crippen MR) is 63.7 cm³/mol. The third kappa shape index (κ3) is 2.58. The van der Waals surface area contributed by atoms with E-state index in [4.69, 9.17) is 5.11 Å². The summed E-state index contributed by atoms with van der Waals surface area (Å²) in [6.45, 7) is -0.491. The summed E-state index contributed by atoms with van der Waals surface area (Å²) in [7, 11) is 0. The van der Waals surface area contributed by atoms with Crippen molar-refractivity contribution in [3.63, 3.8) is 0 Å². The first-order chi connectivity index (χ1) is 8.58. The van der Waals surface area contributed by atoms with Crippen molar-refractivity contribution in [3.05, 3.63) is 33.2 Å². The number of carboxylic acids is 1. The standard InChI is InChI=1S/C12H14N2O4/c15-10(16)6-13-11(17)8-5-7-3-1-2-4-9(7)14-12(8)18/h5H,1-4,6H2,(H,13,17)(H,14,18)(H,15,16). The summed E-state index contributed by atoms with van der Waals surface area (Å²) in [6.07, 6.45) is 3.73. The van der Waals surface area contributed by atoms with E-state index in [0.29, 0.717) is 0 Å². The van der Waals surface area contributed by atoms with Gasteiger partial charge in [0.1, 0.15) is 12.1 Å². The number of carbonyl (C=O) groups excluding carboxylic acids is 1. The Morgan fingerprint density at radius 3 is 2.78 bits per heavy atom. The van der Waals surface area contributed by atoms with Crippen molar-refractivity contribution in [1.82, 2.24) is 10.3 Å². The summed E-state index contributed by atoms with van der Waals surface area (Å²) in [6, 6.07) is 1.57. The van der Waals surface area contributed by atoms with Crippen LogP contribution >= 0.6 is 0 Å². The Balaban J connectivity index is 2.25. The lowest BCUT2D eigenvalue weighted by atomic mass is 9.95. The summed E-state index contributed by atoms with van der Waals surface area (Å²) >= 11 is 0. The third-order valence-electron chi connectivity index (χ3n) is 2.98. The number of carboxylic acid groups (broad SMARTS) is 1. The maximum absolute atomic E-state index is 11.7. The van der Waals surface area contributed by atoms with Crippen LogP contribution in [0.15, 0.2) is 10.9 Å². The van der Waals surface area contributed by atoms with Crippen molar-refractivity contribution in [2.75, 3.05) is 6.54 Å². The second kappa shape index (κ2) is 5.03. The van der Waals surface area contributed by atoms with Crippen LogP contribution in [0.3, 0.4) is 0 Å². The Bertz CT molecular complexity index is 547. The summed E-state index contributed by atoms with van der Waals surface area (Å²) in [5, 5.41) is 10.7. The van der Waals surface area contributed by atoms with Gasteiger partial charge in [0, 0.05) is 5.69 Å². The zero-order chi connectivity index (χ0) is 13.1. The first kappa shape index (κ1) is 12.3. The first-order valence-corrected chi connectivity index (χ1v) is 5.83. The molecule has 0 saturated carbocycles. The number of aromatic nitrogens is 1. The van der Waals surface area contributed by atoms with E-state index in [1.807, 2.05) is 0 Å². The highest BCUT2D eigenvalue weighted by Crippen LogP contribution is 2.18. The quantitative estimate of drug-likeness (QED) is 0.706. The Morgan fingerprint density at radius 1 is 1.33 bits per heavy atom. The topological polar surface area (TPSA) is 99.3 Å². The lowest BCUT2D eigenvalue weighted by Gasteiger charge is -2.15. The van der Waals surface area contributed by atoms with Crippen LogP contribution in [-0.2, 0) is 17.6 Å². The van der Waals surface area contributed by atoms with Crippen molar-refractivity contribution in [2.45, 2.75) is 25.7 Å². The molecule has 1 aromatic heterocycles. The highest BCUT2D eigenvalue weighted by molar-refractivity contribution is 5.95. The van der Waals surface area contributed by atoms with Gasteiger partial charge in [-0.05, 0) is 37.3 Å². The van der Waals surface area contributed by atoms with Gasteiger partial charge in [-0.15, -0.1) is 0 Å². The second-order valence-electron chi connectivity index (χ2n) is 4.30. The number of fused-ring (bicyclic) bond motifs is 1. The Hall–Kier alpha value is -2.11. The molecule has 0 atom stereocenters. The minimum atomic E-state index is -1.14. The van der Waals surface area contributed by atoms with E-state index in [-0.39, 0.29) is 5.56 Å². The van der Waals surface area contributed by atoms with Crippen LogP contribution in [0.2, 0.25) is 0 Å². The van der Waals surface area contributed by atoms with Crippen molar-refractivity contribution in [1.29, 1.82) is 0 Å². The molecule has 1 amide bonds. The molecule has 3 N–H and O–H groups in total. The number of hydrogen-bond donors (Lipinski definition) is 3. The molecule has 18 heavy (non-hydrogen) atoms. The summed E-state index contributed by atoms with van der Waals surface area (Å²) in [5.41, 5.74) is 1.39. The highest BCUT2D eigenvalue weighted by atomic mass is 16.4. The summed E-state index contributed by atoms with van der Waals surface area (Å²) in [4.78, 5) is 36.4. The predicted octanol–water partition coefficient (Wildman–Crippen LogP) is 0.0681. The molecule has 96 valence electrons. The summed E-state index contributed by atoms with van der Waals surface area (Å²) in [5.74, 6) is -1.79. The monoisotopic (exact) mass is 250 g/mol. The fraction of sp³-hybridized carbons (Fsp3) is 0.417. The van der Waals surface area contributed by atoms with Gasteiger partial charge < -0.3 is 15.4 Å². The zero-order valence-electron chi connectivity index (χ0n) is 9.78. The van der Waals surface area contributed by atoms with Gasteiger partial charge in [-0.25, -0.2) is 0 Å². The fourth-order valence-electron chi connectivity index (χ4n) is 2.09. The number of nitrogens with one attached hydrogen (secondary N) is 2. The average Bonchev–Trinajstić information content (AvgIpc) is 2.35. The molecule has 0 bridgehead atoms. The number of pyridine rings is 1. The Morgan fingerprint density at radius 2 is 2.06 bits per heavy atom. The molecule has 1 aliphatic carbocycles. The fourth-order valence-corrected chi connectivity index (χ4v) is 2.09. The van der Waals surface area contributed by atoms with Crippen LogP contribution in [0.1, 0.15) is 34.5 Å². The third-order valence-corrected chi connectivity index (χ3v) is 2.98. The van der Waals surface area contributed by atoms with Crippen LogP contribution in [0.25, 0.3) is 0 Å². The minimum Gasteiger partial charge on any atom is -0.480 e. The van der Waals surface area contributed by atoms with Crippen molar-refractivity contribution in [3.8, 4) is 0 Å². The molecule has 1 aliphatic rings. The number of aliphatic carboxylic acids is 1. The van der Waals surface area contributed by atoms with E-state index in [1.165, 1.54) is 0 Å². The normalized spacial score (nSPS) is 13.8. The molecule has 0 radical (unpaired) electrons. The smallest absolute Gasteiger partial charge is 0.322 e. The molecule has 6 nitrogen and oxygen atoms in total. The lowest BCUT2D eigenvalue weighted by Crippen LogP contribution is -2.34. The molecule has 6 heteroatoms. The van der Waals surface area contributed by atoms with Crippen LogP contribution in [0.5, 0.6) is 0 Å². The largest absolute Gasteiger partial charge is 0.480 e. The van der Waals surface area contributed by atoms with Gasteiger partial charge in [-0.1, -0.05) is 0 Å². The van der Waals surface area contributed by atoms with Crippen LogP contribution < -0.4 is 10.9 Å². The Kier molecular flexibility index (Phi) is 3.45. The van der Waals surface area contributed by atoms with Gasteiger partial charge in [-0.2, -0.15) is 0 Å². The molecule has 1 heterocycles. The van der Waals surface area contributed by atoms with Crippen molar-refractivity contribution >= 4 is 11.9 Å². The number of rotatable bonds is 3. The maximum Gasteiger partial charge on any atom is 0.322 e. The van der Waals surface area contributed by atoms with Gasteiger partial charge >= 0.3 is 5.97 Å². The van der Waals surface area contributed by atoms with E-state index in [2.05, 4.69) is 10.3 Å². The summed E-state index contributed by atoms with van der Waals surface area (Å²) < 4.78 is 0. The first-order valence-electron chi connectivity index (χ1n) is 5.83. The van der Waals surface area contributed by atoms with E-state index < -0.39 is 24.0 Å². The van der Waals surface area contributed by atoms with Crippen molar-refractivity contribution < 1.29 is 14.7 Å². The molecule has 0 fully saturated rings. The number of carbonyl (C=O) groups is 2. The van der Waals surface area contributed by atoms with Crippen molar-refractivity contribution in [2.24, 2.45) is 0 Å². The molecular formula is C12H14N2O4. The molecular weight excluding hydrogens is 236 g/mol. The lowest BCUT2D eigenvalue weighted by molar-refractivity contribution is -0.135. The second-order valence-corrected chi connectivity index (χ2v) is 4.30. The van der Waals surface area contributed by atoms with E-state index in [9.17, 15) is 14.4 Å². The molecule has 0 aromatic carbocycles. The van der Waals surface area contributed by atoms with E-state index in [0.717, 1.165) is 36.9 Å². The number of H-pyrrole nitrogens is 1. The van der Waals surface area contributed by atoms with Crippen LogP contribution in [0.4, 0.5) is 0 Å². The van der Waals surface area contributed by atoms with Gasteiger partial charge in [0.2, 0.25) is 0 Å². The highest BCUT2D eigenvalue weighted by Gasteiger charge is 2.17.